The molecule has 1 fully saturated rings. The standard InChI is InChI=1S/C21H26N2O5/c1-21(2,3)28-20(26)23-12-16(24)10-17(23)18(25)9-6-14-4-7-15(8-5-14)19-11-22-13-27-19/h4-5,7-8,11,13,16-17,24H,6,9-10,12H2,1-3H3/t16-,17+/m1/s1. The number of Topliss-reactive ketones (excluding diaryl/α,β-unsaturated/α-hetero) is 1. The van der Waals surface area contributed by atoms with E-state index in [4.69, 9.17) is 9.15 Å². The number of likely N-dealkylation sites (tertiary alicyclic amines) is 1. The number of hydrogen-bond acceptors (Lipinski definition) is 6. The Balaban J connectivity index is 1.59. The van der Waals surface area contributed by atoms with Gasteiger partial charge in [-0.15, -0.1) is 0 Å². The number of ether oxygens (including phenoxy) is 1. The molecule has 2 aromatic rings. The first-order valence-electron chi connectivity index (χ1n) is 9.41. The number of rotatable bonds is 5. The first-order chi connectivity index (χ1) is 13.2. The van der Waals surface area contributed by atoms with Gasteiger partial charge in [0.2, 0.25) is 0 Å². The summed E-state index contributed by atoms with van der Waals surface area (Å²) in [6, 6.07) is 7.10. The van der Waals surface area contributed by atoms with E-state index in [1.165, 1.54) is 11.3 Å². The SMILES string of the molecule is CC(C)(C)OC(=O)N1C[C@H](O)C[C@H]1C(=O)CCc1ccc(-c2cnco2)cc1. The monoisotopic (exact) mass is 386 g/mol. The highest BCUT2D eigenvalue weighted by Crippen LogP contribution is 2.24. The summed E-state index contributed by atoms with van der Waals surface area (Å²) in [5.41, 5.74) is 1.28. The van der Waals surface area contributed by atoms with E-state index in [-0.39, 0.29) is 18.7 Å². The van der Waals surface area contributed by atoms with Crippen LogP contribution < -0.4 is 0 Å². The Morgan fingerprint density at radius 1 is 1.29 bits per heavy atom. The zero-order valence-corrected chi connectivity index (χ0v) is 16.4. The Labute approximate surface area is 164 Å². The van der Waals surface area contributed by atoms with Gasteiger partial charge in [-0.1, -0.05) is 24.3 Å². The summed E-state index contributed by atoms with van der Waals surface area (Å²) in [7, 11) is 0. The fourth-order valence-electron chi connectivity index (χ4n) is 3.27. The lowest BCUT2D eigenvalue weighted by molar-refractivity contribution is -0.123. The number of ketones is 1. The maximum Gasteiger partial charge on any atom is 0.410 e. The Bertz CT molecular complexity index is 808. The van der Waals surface area contributed by atoms with Gasteiger partial charge in [0.1, 0.15) is 5.60 Å². The van der Waals surface area contributed by atoms with E-state index < -0.39 is 23.8 Å². The third-order valence-electron chi connectivity index (χ3n) is 4.61. The lowest BCUT2D eigenvalue weighted by Gasteiger charge is -2.27. The molecule has 3 rings (SSSR count). The second-order valence-corrected chi connectivity index (χ2v) is 8.07. The smallest absolute Gasteiger partial charge is 0.410 e. The van der Waals surface area contributed by atoms with Crippen molar-refractivity contribution in [2.75, 3.05) is 6.54 Å². The molecule has 0 spiro atoms. The van der Waals surface area contributed by atoms with Crippen LogP contribution in [0, 0.1) is 0 Å². The molecule has 0 saturated carbocycles. The molecule has 2 heterocycles. The van der Waals surface area contributed by atoms with Crippen LogP contribution in [0.5, 0.6) is 0 Å². The number of oxazole rings is 1. The quantitative estimate of drug-likeness (QED) is 0.848. The average Bonchev–Trinajstić information content (AvgIpc) is 3.28. The molecule has 1 aromatic carbocycles. The van der Waals surface area contributed by atoms with E-state index >= 15 is 0 Å². The van der Waals surface area contributed by atoms with Crippen LogP contribution in [0.3, 0.4) is 0 Å². The summed E-state index contributed by atoms with van der Waals surface area (Å²) in [5, 5.41) is 9.96. The Hall–Kier alpha value is -2.67. The molecule has 1 aliphatic rings. The molecule has 1 amide bonds. The Morgan fingerprint density at radius 2 is 2.00 bits per heavy atom. The maximum absolute atomic E-state index is 12.7. The van der Waals surface area contributed by atoms with Crippen LogP contribution in [0.1, 0.15) is 39.2 Å². The molecule has 1 aromatic heterocycles. The van der Waals surface area contributed by atoms with Crippen molar-refractivity contribution in [2.45, 2.75) is 57.8 Å². The molecule has 1 N–H and O–H groups in total. The number of amides is 1. The molecule has 28 heavy (non-hydrogen) atoms. The van der Waals surface area contributed by atoms with Gasteiger partial charge >= 0.3 is 6.09 Å². The molecule has 1 saturated heterocycles. The highest BCUT2D eigenvalue weighted by Gasteiger charge is 2.40. The number of hydrogen-bond donors (Lipinski definition) is 1. The van der Waals surface area contributed by atoms with Crippen molar-refractivity contribution in [3.05, 3.63) is 42.4 Å². The predicted molar refractivity (Wildman–Crippen MR) is 103 cm³/mol. The van der Waals surface area contributed by atoms with Crippen molar-refractivity contribution >= 4 is 11.9 Å². The molecule has 0 unspecified atom stereocenters. The van der Waals surface area contributed by atoms with Gasteiger partial charge in [0, 0.05) is 18.4 Å². The third kappa shape index (κ3) is 4.98. The third-order valence-corrected chi connectivity index (χ3v) is 4.61. The summed E-state index contributed by atoms with van der Waals surface area (Å²) in [5.74, 6) is 0.622. The number of carbonyl (C=O) groups is 2. The van der Waals surface area contributed by atoms with E-state index in [9.17, 15) is 14.7 Å². The lowest BCUT2D eigenvalue weighted by atomic mass is 10.0. The Morgan fingerprint density at radius 3 is 2.61 bits per heavy atom. The molecule has 7 nitrogen and oxygen atoms in total. The van der Waals surface area contributed by atoms with Crippen LogP contribution >= 0.6 is 0 Å². The first-order valence-corrected chi connectivity index (χ1v) is 9.41. The fourth-order valence-corrected chi connectivity index (χ4v) is 3.27. The lowest BCUT2D eigenvalue weighted by Crippen LogP contribution is -2.43. The van der Waals surface area contributed by atoms with Crippen LogP contribution in [-0.2, 0) is 16.0 Å². The summed E-state index contributed by atoms with van der Waals surface area (Å²) in [6.07, 6.45) is 2.87. The second-order valence-electron chi connectivity index (χ2n) is 8.07. The van der Waals surface area contributed by atoms with Gasteiger partial charge in [0.05, 0.1) is 24.9 Å². The average molecular weight is 386 g/mol. The molecular formula is C21H26N2O5. The molecule has 0 radical (unpaired) electrons. The predicted octanol–water partition coefficient (Wildman–Crippen LogP) is 3.21. The van der Waals surface area contributed by atoms with E-state index in [0.717, 1.165) is 11.1 Å². The molecule has 1 aliphatic heterocycles. The van der Waals surface area contributed by atoms with Crippen LogP contribution in [-0.4, -0.2) is 51.2 Å². The van der Waals surface area contributed by atoms with Crippen LogP contribution in [0.2, 0.25) is 0 Å². The van der Waals surface area contributed by atoms with E-state index in [2.05, 4.69) is 4.98 Å². The van der Waals surface area contributed by atoms with Gasteiger partial charge in [-0.05, 0) is 32.8 Å². The summed E-state index contributed by atoms with van der Waals surface area (Å²) in [6.45, 7) is 5.45. The van der Waals surface area contributed by atoms with Crippen molar-refractivity contribution in [3.8, 4) is 11.3 Å². The van der Waals surface area contributed by atoms with Crippen molar-refractivity contribution < 1.29 is 23.8 Å². The van der Waals surface area contributed by atoms with Crippen molar-refractivity contribution in [3.63, 3.8) is 0 Å². The molecule has 7 heteroatoms. The molecule has 2 atom stereocenters. The molecular weight excluding hydrogens is 360 g/mol. The highest BCUT2D eigenvalue weighted by atomic mass is 16.6. The van der Waals surface area contributed by atoms with Gasteiger partial charge in [-0.25, -0.2) is 9.78 Å². The highest BCUT2D eigenvalue weighted by molar-refractivity contribution is 5.88. The zero-order valence-electron chi connectivity index (χ0n) is 16.4. The minimum atomic E-state index is -0.706. The molecule has 0 bridgehead atoms. The minimum absolute atomic E-state index is 0.0679. The number of β-amino-alcohol motifs (C(OH)–C–C–N with tert-alkyl or cyclic N) is 1. The normalized spacial score (nSPS) is 19.6. The van der Waals surface area contributed by atoms with Crippen molar-refractivity contribution in [1.29, 1.82) is 0 Å². The molecule has 150 valence electrons. The number of aryl methyl sites for hydroxylation is 1. The van der Waals surface area contributed by atoms with E-state index in [0.29, 0.717) is 18.6 Å². The largest absolute Gasteiger partial charge is 0.444 e. The first kappa shape index (κ1) is 20.1. The molecule has 0 aliphatic carbocycles. The van der Waals surface area contributed by atoms with Gasteiger partial charge in [0.15, 0.2) is 17.9 Å². The zero-order chi connectivity index (χ0) is 20.3. The van der Waals surface area contributed by atoms with Crippen LogP contribution in [0.15, 0.2) is 41.3 Å². The van der Waals surface area contributed by atoms with E-state index in [1.807, 2.05) is 24.3 Å². The summed E-state index contributed by atoms with van der Waals surface area (Å²) >= 11 is 0. The van der Waals surface area contributed by atoms with Crippen LogP contribution in [0.25, 0.3) is 11.3 Å². The summed E-state index contributed by atoms with van der Waals surface area (Å²) in [4.78, 5) is 30.3. The number of aromatic nitrogens is 1. The maximum atomic E-state index is 12.7. The van der Waals surface area contributed by atoms with Crippen LogP contribution in [0.4, 0.5) is 4.79 Å². The van der Waals surface area contributed by atoms with E-state index in [1.54, 1.807) is 27.0 Å². The van der Waals surface area contributed by atoms with Gasteiger partial charge in [-0.3, -0.25) is 9.69 Å². The number of nitrogens with zero attached hydrogens (tertiary/aromatic N) is 2. The van der Waals surface area contributed by atoms with Crippen molar-refractivity contribution in [1.82, 2.24) is 9.88 Å². The second kappa shape index (κ2) is 8.14. The Kier molecular flexibility index (Phi) is 5.84. The summed E-state index contributed by atoms with van der Waals surface area (Å²) < 4.78 is 10.6. The fraction of sp³-hybridized carbons (Fsp3) is 0.476. The van der Waals surface area contributed by atoms with Gasteiger partial charge < -0.3 is 14.3 Å². The number of aliphatic hydroxyl groups is 1. The number of aliphatic hydroxyl groups excluding tert-OH is 1. The minimum Gasteiger partial charge on any atom is -0.444 e. The topological polar surface area (TPSA) is 92.9 Å². The number of benzene rings is 1. The number of carbonyl (C=O) groups excluding carboxylic acids is 2. The van der Waals surface area contributed by atoms with Gasteiger partial charge in [0.25, 0.3) is 0 Å². The van der Waals surface area contributed by atoms with Gasteiger partial charge in [-0.2, -0.15) is 0 Å². The van der Waals surface area contributed by atoms with Crippen molar-refractivity contribution in [2.24, 2.45) is 0 Å².